The number of rotatable bonds is 6. The second kappa shape index (κ2) is 6.21. The average molecular weight is 227 g/mol. The van der Waals surface area contributed by atoms with E-state index < -0.39 is 5.54 Å². The highest BCUT2D eigenvalue weighted by Gasteiger charge is 2.40. The lowest BCUT2D eigenvalue weighted by Crippen LogP contribution is -2.62. The maximum atomic E-state index is 11.8. The molecule has 0 aromatic rings. The summed E-state index contributed by atoms with van der Waals surface area (Å²) in [6, 6.07) is 0. The zero-order chi connectivity index (χ0) is 12.0. The van der Waals surface area contributed by atoms with Crippen LogP contribution in [0.4, 0.5) is 0 Å². The first-order chi connectivity index (χ1) is 7.67. The lowest BCUT2D eigenvalue weighted by atomic mass is 9.86. The molecule has 0 bridgehead atoms. The van der Waals surface area contributed by atoms with Crippen molar-refractivity contribution in [3.8, 4) is 0 Å². The molecule has 1 aliphatic rings. The van der Waals surface area contributed by atoms with Crippen molar-refractivity contribution >= 4 is 5.91 Å². The van der Waals surface area contributed by atoms with Crippen LogP contribution in [0.25, 0.3) is 0 Å². The van der Waals surface area contributed by atoms with Crippen molar-refractivity contribution in [2.75, 3.05) is 26.2 Å². The Kier molecular flexibility index (Phi) is 5.22. The van der Waals surface area contributed by atoms with Crippen LogP contribution >= 0.6 is 0 Å². The third-order valence-corrected chi connectivity index (χ3v) is 3.71. The van der Waals surface area contributed by atoms with Gasteiger partial charge in [0.1, 0.15) is 0 Å². The molecular formula is C12H25N3O. The highest BCUT2D eigenvalue weighted by atomic mass is 16.1. The molecular weight excluding hydrogens is 202 g/mol. The lowest BCUT2D eigenvalue weighted by Gasteiger charge is -2.43. The van der Waals surface area contributed by atoms with E-state index >= 15 is 0 Å². The van der Waals surface area contributed by atoms with E-state index in [-0.39, 0.29) is 5.91 Å². The summed E-state index contributed by atoms with van der Waals surface area (Å²) in [5, 5.41) is 3.31. The molecule has 0 aromatic heterocycles. The van der Waals surface area contributed by atoms with Crippen LogP contribution in [0.1, 0.15) is 39.5 Å². The molecule has 1 aliphatic heterocycles. The Morgan fingerprint density at radius 1 is 1.38 bits per heavy atom. The van der Waals surface area contributed by atoms with Gasteiger partial charge in [0.05, 0.1) is 5.54 Å². The van der Waals surface area contributed by atoms with Crippen molar-refractivity contribution in [2.24, 2.45) is 5.73 Å². The Labute approximate surface area is 98.6 Å². The fourth-order valence-electron chi connectivity index (χ4n) is 2.57. The number of hydrogen-bond donors (Lipinski definition) is 2. The predicted octanol–water partition coefficient (Wildman–Crippen LogP) is 0.716. The van der Waals surface area contributed by atoms with E-state index in [1.165, 1.54) is 0 Å². The van der Waals surface area contributed by atoms with Crippen LogP contribution < -0.4 is 11.1 Å². The van der Waals surface area contributed by atoms with E-state index in [1.807, 2.05) is 0 Å². The summed E-state index contributed by atoms with van der Waals surface area (Å²) < 4.78 is 0. The highest BCUT2D eigenvalue weighted by Crippen LogP contribution is 2.26. The largest absolute Gasteiger partial charge is 0.368 e. The molecule has 1 atom stereocenters. The van der Waals surface area contributed by atoms with Gasteiger partial charge in [-0.15, -0.1) is 0 Å². The Morgan fingerprint density at radius 3 is 2.44 bits per heavy atom. The topological polar surface area (TPSA) is 58.4 Å². The monoisotopic (exact) mass is 227 g/mol. The Morgan fingerprint density at radius 2 is 2.00 bits per heavy atom. The number of hydrogen-bond acceptors (Lipinski definition) is 3. The normalized spacial score (nSPS) is 21.6. The summed E-state index contributed by atoms with van der Waals surface area (Å²) in [5.41, 5.74) is 5.25. The maximum Gasteiger partial charge on any atom is 0.237 e. The van der Waals surface area contributed by atoms with Gasteiger partial charge in [0.15, 0.2) is 0 Å². The van der Waals surface area contributed by atoms with Crippen molar-refractivity contribution in [2.45, 2.75) is 45.1 Å². The molecule has 0 spiro atoms. The number of nitrogens with one attached hydrogen (secondary N) is 1. The summed E-state index contributed by atoms with van der Waals surface area (Å²) >= 11 is 0. The molecule has 3 N–H and O–H groups in total. The number of carbonyl (C=O) groups is 1. The summed E-state index contributed by atoms with van der Waals surface area (Å²) in [5.74, 6) is -0.148. The first-order valence-corrected chi connectivity index (χ1v) is 6.43. The van der Waals surface area contributed by atoms with Crippen LogP contribution in [0.15, 0.2) is 0 Å². The van der Waals surface area contributed by atoms with E-state index in [9.17, 15) is 4.79 Å². The maximum absolute atomic E-state index is 11.8. The molecule has 4 nitrogen and oxygen atoms in total. The van der Waals surface area contributed by atoms with Crippen LogP contribution in [-0.2, 0) is 4.79 Å². The van der Waals surface area contributed by atoms with Crippen molar-refractivity contribution in [1.29, 1.82) is 0 Å². The molecule has 1 rings (SSSR count). The minimum Gasteiger partial charge on any atom is -0.368 e. The zero-order valence-corrected chi connectivity index (χ0v) is 10.6. The number of nitrogens with two attached hydrogens (primary N) is 1. The van der Waals surface area contributed by atoms with E-state index in [2.05, 4.69) is 24.1 Å². The van der Waals surface area contributed by atoms with Crippen LogP contribution in [0.5, 0.6) is 0 Å². The van der Waals surface area contributed by atoms with E-state index in [0.29, 0.717) is 0 Å². The number of amides is 1. The van der Waals surface area contributed by atoms with Gasteiger partial charge < -0.3 is 11.1 Å². The molecule has 1 heterocycles. The fourth-order valence-corrected chi connectivity index (χ4v) is 2.57. The van der Waals surface area contributed by atoms with Crippen molar-refractivity contribution in [3.63, 3.8) is 0 Å². The van der Waals surface area contributed by atoms with Crippen LogP contribution in [0.3, 0.4) is 0 Å². The summed E-state index contributed by atoms with van der Waals surface area (Å²) in [6.45, 7) is 8.00. The molecule has 1 saturated heterocycles. The average Bonchev–Trinajstić information content (AvgIpc) is 2.31. The van der Waals surface area contributed by atoms with Gasteiger partial charge in [0.2, 0.25) is 5.91 Å². The van der Waals surface area contributed by atoms with Gasteiger partial charge in [-0.05, 0) is 12.8 Å². The van der Waals surface area contributed by atoms with E-state index in [4.69, 9.17) is 5.73 Å². The second-order valence-electron chi connectivity index (χ2n) is 4.59. The lowest BCUT2D eigenvalue weighted by molar-refractivity contribution is -0.132. The number of nitrogens with zero attached hydrogens (tertiary/aromatic N) is 1. The third-order valence-electron chi connectivity index (χ3n) is 3.71. The van der Waals surface area contributed by atoms with Gasteiger partial charge in [-0.25, -0.2) is 0 Å². The standard InChI is InChI=1S/C12H25N3O/c1-3-5-6-12(4-2,11(13)16)15-9-7-14-8-10-15/h14H,3-10H2,1-2H3,(H2,13,16). The fraction of sp³-hybridized carbons (Fsp3) is 0.917. The molecule has 0 radical (unpaired) electrons. The Bertz CT molecular complexity index is 226. The zero-order valence-electron chi connectivity index (χ0n) is 10.6. The number of piperazine rings is 1. The molecule has 1 amide bonds. The first kappa shape index (κ1) is 13.5. The Balaban J connectivity index is 2.77. The van der Waals surface area contributed by atoms with Crippen molar-refractivity contribution in [3.05, 3.63) is 0 Å². The van der Waals surface area contributed by atoms with Gasteiger partial charge in [-0.1, -0.05) is 26.7 Å². The number of unbranched alkanes of at least 4 members (excludes halogenated alkanes) is 1. The van der Waals surface area contributed by atoms with Gasteiger partial charge in [-0.2, -0.15) is 0 Å². The molecule has 16 heavy (non-hydrogen) atoms. The summed E-state index contributed by atoms with van der Waals surface area (Å²) in [7, 11) is 0. The van der Waals surface area contributed by atoms with Crippen LogP contribution in [0, 0.1) is 0 Å². The van der Waals surface area contributed by atoms with Crippen LogP contribution in [-0.4, -0.2) is 42.5 Å². The SMILES string of the molecule is CCCCC(CC)(C(N)=O)N1CCNCC1. The number of primary amides is 1. The molecule has 0 aliphatic carbocycles. The molecule has 1 unspecified atom stereocenters. The van der Waals surface area contributed by atoms with Gasteiger partial charge in [0.25, 0.3) is 0 Å². The van der Waals surface area contributed by atoms with E-state index in [1.54, 1.807) is 0 Å². The summed E-state index contributed by atoms with van der Waals surface area (Å²) in [6.07, 6.45) is 3.90. The van der Waals surface area contributed by atoms with Crippen molar-refractivity contribution < 1.29 is 4.79 Å². The molecule has 0 aromatic carbocycles. The highest BCUT2D eigenvalue weighted by molar-refractivity contribution is 5.84. The molecule has 94 valence electrons. The second-order valence-corrected chi connectivity index (χ2v) is 4.59. The minimum absolute atomic E-state index is 0.148. The quantitative estimate of drug-likeness (QED) is 0.703. The van der Waals surface area contributed by atoms with E-state index in [0.717, 1.165) is 51.9 Å². The third kappa shape index (κ3) is 2.74. The van der Waals surface area contributed by atoms with Crippen LogP contribution in [0.2, 0.25) is 0 Å². The first-order valence-electron chi connectivity index (χ1n) is 6.43. The predicted molar refractivity (Wildman–Crippen MR) is 66.2 cm³/mol. The molecule has 1 fully saturated rings. The van der Waals surface area contributed by atoms with Gasteiger partial charge in [-0.3, -0.25) is 9.69 Å². The number of carbonyl (C=O) groups excluding carboxylic acids is 1. The molecule has 0 saturated carbocycles. The Hall–Kier alpha value is -0.610. The minimum atomic E-state index is -0.405. The van der Waals surface area contributed by atoms with Gasteiger partial charge in [0, 0.05) is 26.2 Å². The summed E-state index contributed by atoms with van der Waals surface area (Å²) in [4.78, 5) is 14.1. The molecule has 4 heteroatoms. The van der Waals surface area contributed by atoms with Gasteiger partial charge >= 0.3 is 0 Å². The smallest absolute Gasteiger partial charge is 0.237 e. The van der Waals surface area contributed by atoms with Crippen molar-refractivity contribution in [1.82, 2.24) is 10.2 Å².